The summed E-state index contributed by atoms with van der Waals surface area (Å²) in [5.74, 6) is -1.84. The standard InChI is InChI=1S/C8H11N3O4/c1-11-4-5(2-10-11)7(13)9-3-6(12)8(14)15/h2,4,6,12H,3H2,1H3,(H,9,13)(H,14,15). The predicted molar refractivity (Wildman–Crippen MR) is 49.2 cm³/mol. The highest BCUT2D eigenvalue weighted by Gasteiger charge is 2.15. The van der Waals surface area contributed by atoms with Crippen LogP contribution < -0.4 is 5.32 Å². The fraction of sp³-hybridized carbons (Fsp3) is 0.375. The van der Waals surface area contributed by atoms with Gasteiger partial charge in [-0.05, 0) is 0 Å². The van der Waals surface area contributed by atoms with Gasteiger partial charge in [0.05, 0.1) is 18.3 Å². The number of hydrogen-bond donors (Lipinski definition) is 3. The Hall–Kier alpha value is -1.89. The highest BCUT2D eigenvalue weighted by atomic mass is 16.4. The lowest BCUT2D eigenvalue weighted by Gasteiger charge is -2.05. The maximum absolute atomic E-state index is 11.3. The Bertz CT molecular complexity index is 374. The predicted octanol–water partition coefficient (Wildman–Crippen LogP) is -1.40. The lowest BCUT2D eigenvalue weighted by Crippen LogP contribution is -2.36. The number of nitrogens with one attached hydrogen (secondary N) is 1. The lowest BCUT2D eigenvalue weighted by molar-refractivity contribution is -0.146. The molecule has 1 rings (SSSR count). The normalized spacial score (nSPS) is 12.1. The molecule has 0 aliphatic carbocycles. The number of carbonyl (C=O) groups excluding carboxylic acids is 1. The van der Waals surface area contributed by atoms with Crippen molar-refractivity contribution < 1.29 is 19.8 Å². The molecule has 7 heteroatoms. The van der Waals surface area contributed by atoms with Gasteiger partial charge in [-0.1, -0.05) is 0 Å². The van der Waals surface area contributed by atoms with Gasteiger partial charge in [-0.2, -0.15) is 5.10 Å². The zero-order valence-corrected chi connectivity index (χ0v) is 8.04. The van der Waals surface area contributed by atoms with Crippen LogP contribution in [0.1, 0.15) is 10.4 Å². The second kappa shape index (κ2) is 4.56. The van der Waals surface area contributed by atoms with E-state index in [1.54, 1.807) is 7.05 Å². The molecule has 0 radical (unpaired) electrons. The zero-order valence-electron chi connectivity index (χ0n) is 8.04. The zero-order chi connectivity index (χ0) is 11.4. The number of rotatable bonds is 4. The van der Waals surface area contributed by atoms with Crippen LogP contribution in [-0.2, 0) is 11.8 Å². The number of nitrogens with zero attached hydrogens (tertiary/aromatic N) is 2. The molecule has 0 spiro atoms. The fourth-order valence-electron chi connectivity index (χ4n) is 0.917. The van der Waals surface area contributed by atoms with Gasteiger partial charge < -0.3 is 15.5 Å². The molecule has 0 bridgehead atoms. The van der Waals surface area contributed by atoms with Gasteiger partial charge in [-0.25, -0.2) is 4.79 Å². The van der Waals surface area contributed by atoms with Crippen molar-refractivity contribution in [2.75, 3.05) is 6.54 Å². The van der Waals surface area contributed by atoms with Gasteiger partial charge in [-0.15, -0.1) is 0 Å². The maximum atomic E-state index is 11.3. The first kappa shape index (κ1) is 11.2. The highest BCUT2D eigenvalue weighted by molar-refractivity contribution is 5.93. The van der Waals surface area contributed by atoms with Crippen molar-refractivity contribution in [3.63, 3.8) is 0 Å². The average Bonchev–Trinajstić information content (AvgIpc) is 2.60. The van der Waals surface area contributed by atoms with Gasteiger partial charge in [-0.3, -0.25) is 9.48 Å². The van der Waals surface area contributed by atoms with E-state index in [-0.39, 0.29) is 6.54 Å². The Morgan fingerprint density at radius 2 is 2.33 bits per heavy atom. The summed E-state index contributed by atoms with van der Waals surface area (Å²) < 4.78 is 1.45. The number of carbonyl (C=O) groups is 2. The summed E-state index contributed by atoms with van der Waals surface area (Å²) >= 11 is 0. The Labute approximate surface area is 85.3 Å². The molecule has 0 saturated carbocycles. The van der Waals surface area contributed by atoms with Crippen molar-refractivity contribution in [1.29, 1.82) is 0 Å². The van der Waals surface area contributed by atoms with E-state index in [0.717, 1.165) is 0 Å². The molecule has 1 unspecified atom stereocenters. The molecule has 1 aromatic heterocycles. The fourth-order valence-corrected chi connectivity index (χ4v) is 0.917. The second-order valence-electron chi connectivity index (χ2n) is 2.97. The van der Waals surface area contributed by atoms with Crippen molar-refractivity contribution in [3.05, 3.63) is 18.0 Å². The minimum Gasteiger partial charge on any atom is -0.479 e. The first-order chi connectivity index (χ1) is 7.00. The maximum Gasteiger partial charge on any atom is 0.334 e. The van der Waals surface area contributed by atoms with Crippen LogP contribution in [0.3, 0.4) is 0 Å². The molecule has 0 fully saturated rings. The number of carboxylic acid groups (broad SMARTS) is 1. The molecule has 1 atom stereocenters. The van der Waals surface area contributed by atoms with E-state index >= 15 is 0 Å². The summed E-state index contributed by atoms with van der Waals surface area (Å²) in [6, 6.07) is 0. The van der Waals surface area contributed by atoms with E-state index in [9.17, 15) is 9.59 Å². The molecule has 0 aliphatic rings. The van der Waals surface area contributed by atoms with Crippen LogP contribution in [0.15, 0.2) is 12.4 Å². The number of aromatic nitrogens is 2. The smallest absolute Gasteiger partial charge is 0.334 e. The van der Waals surface area contributed by atoms with E-state index < -0.39 is 18.0 Å². The first-order valence-electron chi connectivity index (χ1n) is 4.18. The molecule has 0 aromatic carbocycles. The Kier molecular flexibility index (Phi) is 3.40. The quantitative estimate of drug-likeness (QED) is 0.570. The van der Waals surface area contributed by atoms with E-state index in [0.29, 0.717) is 5.56 Å². The van der Waals surface area contributed by atoms with E-state index in [2.05, 4.69) is 10.4 Å². The van der Waals surface area contributed by atoms with Gasteiger partial charge >= 0.3 is 5.97 Å². The van der Waals surface area contributed by atoms with Crippen LogP contribution in [0.2, 0.25) is 0 Å². The third-order valence-electron chi connectivity index (χ3n) is 1.71. The lowest BCUT2D eigenvalue weighted by atomic mass is 10.3. The number of aliphatic carboxylic acids is 1. The van der Waals surface area contributed by atoms with Gasteiger partial charge in [0.25, 0.3) is 5.91 Å². The van der Waals surface area contributed by atoms with Crippen molar-refractivity contribution in [3.8, 4) is 0 Å². The number of aliphatic hydroxyl groups is 1. The molecule has 3 N–H and O–H groups in total. The molecule has 0 aliphatic heterocycles. The third kappa shape index (κ3) is 3.06. The molecule has 1 aromatic rings. The van der Waals surface area contributed by atoms with Crippen molar-refractivity contribution >= 4 is 11.9 Å². The number of aryl methyl sites for hydroxylation is 1. The highest BCUT2D eigenvalue weighted by Crippen LogP contribution is 1.95. The van der Waals surface area contributed by atoms with Gasteiger partial charge in [0.15, 0.2) is 6.10 Å². The van der Waals surface area contributed by atoms with E-state index in [1.165, 1.54) is 17.1 Å². The SMILES string of the molecule is Cn1cc(C(=O)NCC(O)C(=O)O)cn1. The molecular weight excluding hydrogens is 202 g/mol. The summed E-state index contributed by atoms with van der Waals surface area (Å²) in [5.41, 5.74) is 0.315. The largest absolute Gasteiger partial charge is 0.479 e. The Morgan fingerprint density at radius 3 is 2.80 bits per heavy atom. The Balaban J connectivity index is 2.47. The van der Waals surface area contributed by atoms with Crippen molar-refractivity contribution in [2.24, 2.45) is 7.05 Å². The number of amides is 1. The number of aliphatic hydroxyl groups excluding tert-OH is 1. The molecule has 82 valence electrons. The van der Waals surface area contributed by atoms with Crippen molar-refractivity contribution in [2.45, 2.75) is 6.10 Å². The molecular formula is C8H11N3O4. The molecule has 7 nitrogen and oxygen atoms in total. The van der Waals surface area contributed by atoms with Crippen LogP contribution in [0, 0.1) is 0 Å². The summed E-state index contributed by atoms with van der Waals surface area (Å²) in [5, 5.41) is 23.3. The number of carboxylic acids is 1. The van der Waals surface area contributed by atoms with Gasteiger partial charge in [0, 0.05) is 13.2 Å². The molecule has 0 saturated heterocycles. The minimum atomic E-state index is -1.59. The third-order valence-corrected chi connectivity index (χ3v) is 1.71. The van der Waals surface area contributed by atoms with Crippen LogP contribution in [0.4, 0.5) is 0 Å². The monoisotopic (exact) mass is 213 g/mol. The molecule has 1 heterocycles. The van der Waals surface area contributed by atoms with Crippen LogP contribution in [-0.4, -0.2) is 44.5 Å². The average molecular weight is 213 g/mol. The summed E-state index contributed by atoms with van der Waals surface area (Å²) in [6.07, 6.45) is 1.25. The molecule has 15 heavy (non-hydrogen) atoms. The number of hydrogen-bond acceptors (Lipinski definition) is 4. The molecule has 1 amide bonds. The van der Waals surface area contributed by atoms with Crippen LogP contribution >= 0.6 is 0 Å². The minimum absolute atomic E-state index is 0.315. The summed E-state index contributed by atoms with van der Waals surface area (Å²) in [6.45, 7) is -0.330. The van der Waals surface area contributed by atoms with E-state index in [4.69, 9.17) is 10.2 Å². The first-order valence-corrected chi connectivity index (χ1v) is 4.18. The van der Waals surface area contributed by atoms with E-state index in [1.807, 2.05) is 0 Å². The summed E-state index contributed by atoms with van der Waals surface area (Å²) in [7, 11) is 1.66. The second-order valence-corrected chi connectivity index (χ2v) is 2.97. The van der Waals surface area contributed by atoms with Crippen LogP contribution in [0.5, 0.6) is 0 Å². The topological polar surface area (TPSA) is 104 Å². The Morgan fingerprint density at radius 1 is 1.67 bits per heavy atom. The van der Waals surface area contributed by atoms with Gasteiger partial charge in [0.2, 0.25) is 0 Å². The van der Waals surface area contributed by atoms with Crippen LogP contribution in [0.25, 0.3) is 0 Å². The van der Waals surface area contributed by atoms with Gasteiger partial charge in [0.1, 0.15) is 0 Å². The summed E-state index contributed by atoms with van der Waals surface area (Å²) in [4.78, 5) is 21.6. The van der Waals surface area contributed by atoms with Crippen molar-refractivity contribution in [1.82, 2.24) is 15.1 Å².